The highest BCUT2D eigenvalue weighted by Crippen LogP contribution is 2.11. The van der Waals surface area contributed by atoms with Gasteiger partial charge in [-0.2, -0.15) is 4.52 Å². The van der Waals surface area contributed by atoms with Crippen LogP contribution < -0.4 is 5.32 Å². The summed E-state index contributed by atoms with van der Waals surface area (Å²) in [6.07, 6.45) is 3.26. The van der Waals surface area contributed by atoms with Gasteiger partial charge in [0, 0.05) is 6.04 Å². The maximum Gasteiger partial charge on any atom is 0.199 e. The first-order chi connectivity index (χ1) is 7.18. The minimum atomic E-state index is 0.0109. The van der Waals surface area contributed by atoms with Gasteiger partial charge in [-0.1, -0.05) is 0 Å². The highest BCUT2D eigenvalue weighted by atomic mass is 35.5. The Kier molecular flexibility index (Phi) is 2.68. The molecule has 0 bridgehead atoms. The number of aromatic nitrogens is 5. The van der Waals surface area contributed by atoms with Crippen molar-refractivity contribution < 1.29 is 0 Å². The van der Waals surface area contributed by atoms with E-state index in [1.54, 1.807) is 16.9 Å². The van der Waals surface area contributed by atoms with E-state index in [4.69, 9.17) is 11.6 Å². The summed E-state index contributed by atoms with van der Waals surface area (Å²) >= 11 is 5.96. The van der Waals surface area contributed by atoms with Gasteiger partial charge in [0.05, 0.1) is 17.8 Å². The Labute approximate surface area is 91.6 Å². The highest BCUT2D eigenvalue weighted by Gasteiger charge is 2.11. The molecule has 2 unspecified atom stereocenters. The van der Waals surface area contributed by atoms with E-state index in [2.05, 4.69) is 25.8 Å². The molecule has 7 heteroatoms. The van der Waals surface area contributed by atoms with E-state index < -0.39 is 0 Å². The lowest BCUT2D eigenvalue weighted by atomic mass is 10.2. The molecule has 0 fully saturated rings. The van der Waals surface area contributed by atoms with Gasteiger partial charge in [0.1, 0.15) is 0 Å². The minimum absolute atomic E-state index is 0.0109. The van der Waals surface area contributed by atoms with E-state index in [9.17, 15) is 0 Å². The molecule has 2 atom stereocenters. The van der Waals surface area contributed by atoms with Crippen LogP contribution in [-0.4, -0.2) is 36.4 Å². The number of hydrogen-bond donors (Lipinski definition) is 1. The Balaban J connectivity index is 2.31. The number of nitrogens with one attached hydrogen (secondary N) is 1. The molecule has 0 aliphatic heterocycles. The van der Waals surface area contributed by atoms with Crippen LogP contribution in [0.4, 0.5) is 5.82 Å². The molecule has 2 heterocycles. The maximum absolute atomic E-state index is 5.96. The van der Waals surface area contributed by atoms with Crippen LogP contribution >= 0.6 is 11.6 Å². The molecule has 0 aromatic carbocycles. The first-order valence-corrected chi connectivity index (χ1v) is 5.05. The molecule has 0 saturated heterocycles. The van der Waals surface area contributed by atoms with Gasteiger partial charge < -0.3 is 5.32 Å². The number of rotatable bonds is 3. The number of tetrazole rings is 1. The fraction of sp³-hybridized carbons (Fsp3) is 0.500. The SMILES string of the molecule is CC(Cl)C(C)Nc1cncc2nnnn12. The largest absolute Gasteiger partial charge is 0.365 e. The smallest absolute Gasteiger partial charge is 0.199 e. The summed E-state index contributed by atoms with van der Waals surface area (Å²) in [4.78, 5) is 4.03. The molecule has 0 aliphatic rings. The van der Waals surface area contributed by atoms with Crippen LogP contribution in [0.15, 0.2) is 12.4 Å². The molecule has 2 aromatic rings. The fourth-order valence-corrected chi connectivity index (χ4v) is 1.18. The van der Waals surface area contributed by atoms with Crippen LogP contribution in [0.2, 0.25) is 0 Å². The minimum Gasteiger partial charge on any atom is -0.365 e. The monoisotopic (exact) mass is 226 g/mol. The van der Waals surface area contributed by atoms with E-state index in [1.807, 2.05) is 13.8 Å². The Morgan fingerprint density at radius 3 is 2.93 bits per heavy atom. The van der Waals surface area contributed by atoms with Gasteiger partial charge in [-0.25, -0.2) is 0 Å². The van der Waals surface area contributed by atoms with Crippen molar-refractivity contribution >= 4 is 23.1 Å². The van der Waals surface area contributed by atoms with Gasteiger partial charge in [0.25, 0.3) is 0 Å². The third-order valence-corrected chi connectivity index (χ3v) is 2.55. The first kappa shape index (κ1) is 10.1. The molecule has 6 nitrogen and oxygen atoms in total. The van der Waals surface area contributed by atoms with Crippen molar-refractivity contribution in [3.63, 3.8) is 0 Å². The lowest BCUT2D eigenvalue weighted by Gasteiger charge is -2.16. The average molecular weight is 227 g/mol. The third-order valence-electron chi connectivity index (χ3n) is 2.17. The topological polar surface area (TPSA) is 68.0 Å². The summed E-state index contributed by atoms with van der Waals surface area (Å²) in [7, 11) is 0. The van der Waals surface area contributed by atoms with Crippen molar-refractivity contribution in [2.24, 2.45) is 0 Å². The number of hydrogen-bond acceptors (Lipinski definition) is 5. The molecule has 1 N–H and O–H groups in total. The van der Waals surface area contributed by atoms with Crippen LogP contribution in [0, 0.1) is 0 Å². The molecular weight excluding hydrogens is 216 g/mol. The number of alkyl halides is 1. The van der Waals surface area contributed by atoms with Crippen LogP contribution in [0.5, 0.6) is 0 Å². The number of fused-ring (bicyclic) bond motifs is 1. The van der Waals surface area contributed by atoms with Crippen molar-refractivity contribution in [1.82, 2.24) is 25.0 Å². The second kappa shape index (κ2) is 3.98. The molecule has 0 radical (unpaired) electrons. The first-order valence-electron chi connectivity index (χ1n) is 4.61. The lowest BCUT2D eigenvalue weighted by molar-refractivity contribution is 0.746. The van der Waals surface area contributed by atoms with E-state index in [1.165, 1.54) is 0 Å². The molecule has 0 saturated carbocycles. The maximum atomic E-state index is 5.96. The molecule has 2 aromatic heterocycles. The van der Waals surface area contributed by atoms with E-state index in [-0.39, 0.29) is 11.4 Å². The van der Waals surface area contributed by atoms with Crippen LogP contribution in [-0.2, 0) is 0 Å². The summed E-state index contributed by atoms with van der Waals surface area (Å²) < 4.78 is 1.59. The van der Waals surface area contributed by atoms with Crippen LogP contribution in [0.25, 0.3) is 5.65 Å². The van der Waals surface area contributed by atoms with E-state index in [0.717, 1.165) is 5.82 Å². The van der Waals surface area contributed by atoms with Crippen LogP contribution in [0.3, 0.4) is 0 Å². The Bertz CT molecular complexity index is 453. The van der Waals surface area contributed by atoms with Crippen molar-refractivity contribution in [3.8, 4) is 0 Å². The zero-order valence-electron chi connectivity index (χ0n) is 8.42. The quantitative estimate of drug-likeness (QED) is 0.790. The second-order valence-electron chi connectivity index (χ2n) is 3.35. The van der Waals surface area contributed by atoms with Gasteiger partial charge in [-0.15, -0.1) is 16.7 Å². The molecule has 15 heavy (non-hydrogen) atoms. The average Bonchev–Trinajstić information content (AvgIpc) is 2.66. The van der Waals surface area contributed by atoms with Gasteiger partial charge in [-0.05, 0) is 24.3 Å². The van der Waals surface area contributed by atoms with Gasteiger partial charge >= 0.3 is 0 Å². The molecule has 2 rings (SSSR count). The Morgan fingerprint density at radius 2 is 2.20 bits per heavy atom. The van der Waals surface area contributed by atoms with Crippen molar-refractivity contribution in [3.05, 3.63) is 12.4 Å². The standard InChI is InChI=1S/C8H11ClN6/c1-5(9)6(2)11-7-3-10-4-8-12-13-14-15(7)8/h3-6,11H,1-2H3. The van der Waals surface area contributed by atoms with Gasteiger partial charge in [-0.3, -0.25) is 4.98 Å². The predicted molar refractivity (Wildman–Crippen MR) is 57.0 cm³/mol. The Morgan fingerprint density at radius 1 is 1.40 bits per heavy atom. The molecule has 0 amide bonds. The summed E-state index contributed by atoms with van der Waals surface area (Å²) in [5.74, 6) is 0.734. The van der Waals surface area contributed by atoms with Crippen molar-refractivity contribution in [2.45, 2.75) is 25.3 Å². The second-order valence-corrected chi connectivity index (χ2v) is 4.04. The summed E-state index contributed by atoms with van der Waals surface area (Å²) in [5, 5.41) is 14.4. The number of nitrogens with zero attached hydrogens (tertiary/aromatic N) is 5. The van der Waals surface area contributed by atoms with E-state index >= 15 is 0 Å². The molecular formula is C8H11ClN6. The van der Waals surface area contributed by atoms with E-state index in [0.29, 0.717) is 5.65 Å². The van der Waals surface area contributed by atoms with Crippen molar-refractivity contribution in [2.75, 3.05) is 5.32 Å². The number of anilines is 1. The summed E-state index contributed by atoms with van der Waals surface area (Å²) in [6, 6.07) is 0.114. The normalized spacial score (nSPS) is 15.1. The fourth-order valence-electron chi connectivity index (χ4n) is 1.12. The lowest BCUT2D eigenvalue weighted by Crippen LogP contribution is -2.25. The number of halogens is 1. The van der Waals surface area contributed by atoms with Crippen molar-refractivity contribution in [1.29, 1.82) is 0 Å². The zero-order valence-corrected chi connectivity index (χ0v) is 9.18. The zero-order chi connectivity index (χ0) is 10.8. The van der Waals surface area contributed by atoms with Crippen LogP contribution in [0.1, 0.15) is 13.8 Å². The molecule has 80 valence electrons. The Hall–Kier alpha value is -1.43. The van der Waals surface area contributed by atoms with Gasteiger partial charge in [0.15, 0.2) is 11.5 Å². The summed E-state index contributed by atoms with van der Waals surface area (Å²) in [6.45, 7) is 3.91. The highest BCUT2D eigenvalue weighted by molar-refractivity contribution is 6.20. The third kappa shape index (κ3) is 1.99. The predicted octanol–water partition coefficient (Wildman–Crippen LogP) is 0.947. The molecule has 0 spiro atoms. The van der Waals surface area contributed by atoms with Gasteiger partial charge in [0.2, 0.25) is 0 Å². The molecule has 0 aliphatic carbocycles. The summed E-state index contributed by atoms with van der Waals surface area (Å²) in [5.41, 5.74) is 0.606.